The van der Waals surface area contributed by atoms with Gasteiger partial charge in [0.25, 0.3) is 0 Å². The van der Waals surface area contributed by atoms with Crippen molar-refractivity contribution in [1.82, 2.24) is 10.2 Å². The van der Waals surface area contributed by atoms with E-state index < -0.39 is 0 Å². The lowest BCUT2D eigenvalue weighted by atomic mass is 10.1. The van der Waals surface area contributed by atoms with Crippen LogP contribution in [0.25, 0.3) is 22.2 Å². The molecule has 0 bridgehead atoms. The highest BCUT2D eigenvalue weighted by molar-refractivity contribution is 6.42. The Bertz CT molecular complexity index is 732. The van der Waals surface area contributed by atoms with Crippen molar-refractivity contribution in [3.63, 3.8) is 0 Å². The molecule has 0 aliphatic carbocycles. The summed E-state index contributed by atoms with van der Waals surface area (Å²) in [5, 5.41) is 9.56. The van der Waals surface area contributed by atoms with Crippen LogP contribution >= 0.6 is 23.2 Å². The Morgan fingerprint density at radius 3 is 2.61 bits per heavy atom. The monoisotopic (exact) mass is 276 g/mol. The highest BCUT2D eigenvalue weighted by atomic mass is 35.5. The molecule has 90 valence electrons. The fourth-order valence-corrected chi connectivity index (χ4v) is 2.30. The summed E-state index contributed by atoms with van der Waals surface area (Å²) >= 11 is 12.0. The molecule has 1 aromatic heterocycles. The number of aryl methyl sites for hydroxylation is 1. The van der Waals surface area contributed by atoms with Crippen LogP contribution in [0.5, 0.6) is 0 Å². The topological polar surface area (TPSA) is 28.7 Å². The number of aromatic nitrogens is 2. The van der Waals surface area contributed by atoms with Crippen molar-refractivity contribution < 1.29 is 0 Å². The molecule has 0 unspecified atom stereocenters. The lowest BCUT2D eigenvalue weighted by Crippen LogP contribution is -1.80. The summed E-state index contributed by atoms with van der Waals surface area (Å²) in [5.74, 6) is 0. The second-order valence-corrected chi connectivity index (χ2v) is 5.06. The van der Waals surface area contributed by atoms with Crippen LogP contribution in [0.2, 0.25) is 10.0 Å². The number of H-pyrrole nitrogens is 1. The molecule has 1 N–H and O–H groups in total. The second kappa shape index (κ2) is 4.30. The van der Waals surface area contributed by atoms with Gasteiger partial charge in [-0.3, -0.25) is 5.10 Å². The van der Waals surface area contributed by atoms with E-state index in [1.807, 2.05) is 12.1 Å². The zero-order valence-corrected chi connectivity index (χ0v) is 11.2. The van der Waals surface area contributed by atoms with E-state index >= 15 is 0 Å². The van der Waals surface area contributed by atoms with Crippen molar-refractivity contribution in [2.24, 2.45) is 0 Å². The predicted molar refractivity (Wildman–Crippen MR) is 76.3 cm³/mol. The first-order chi connectivity index (χ1) is 8.65. The van der Waals surface area contributed by atoms with Gasteiger partial charge in [0.1, 0.15) is 0 Å². The number of nitrogens with zero attached hydrogens (tertiary/aromatic N) is 1. The van der Waals surface area contributed by atoms with E-state index in [1.54, 1.807) is 6.07 Å². The summed E-state index contributed by atoms with van der Waals surface area (Å²) in [4.78, 5) is 0. The number of hydrogen-bond donors (Lipinski definition) is 1. The van der Waals surface area contributed by atoms with E-state index in [1.165, 1.54) is 5.56 Å². The minimum atomic E-state index is 0.539. The molecule has 2 nitrogen and oxygen atoms in total. The molecule has 0 radical (unpaired) electrons. The molecule has 0 fully saturated rings. The maximum absolute atomic E-state index is 6.04. The standard InChI is InChI=1S/C14H10Cl2N2/c1-8-2-4-10-13(6-8)17-18-14(10)9-3-5-11(15)12(16)7-9/h2-7H,1H3,(H,17,18). The number of benzene rings is 2. The summed E-state index contributed by atoms with van der Waals surface area (Å²) in [6.07, 6.45) is 0. The maximum atomic E-state index is 6.04. The molecule has 0 atom stereocenters. The van der Waals surface area contributed by atoms with Crippen LogP contribution < -0.4 is 0 Å². The Kier molecular flexibility index (Phi) is 2.77. The summed E-state index contributed by atoms with van der Waals surface area (Å²) in [6.45, 7) is 2.05. The molecule has 3 rings (SSSR count). The highest BCUT2D eigenvalue weighted by Gasteiger charge is 2.09. The number of aromatic amines is 1. The second-order valence-electron chi connectivity index (χ2n) is 4.25. The van der Waals surface area contributed by atoms with E-state index in [0.717, 1.165) is 22.2 Å². The zero-order chi connectivity index (χ0) is 12.7. The third-order valence-corrected chi connectivity index (χ3v) is 3.65. The Morgan fingerprint density at radius 1 is 1.00 bits per heavy atom. The van der Waals surface area contributed by atoms with Gasteiger partial charge in [0, 0.05) is 10.9 Å². The molecule has 1 heterocycles. The molecule has 0 saturated carbocycles. The molecule has 0 spiro atoms. The van der Waals surface area contributed by atoms with Crippen LogP contribution in [0, 0.1) is 6.92 Å². The molecule has 0 amide bonds. The first kappa shape index (κ1) is 11.6. The third-order valence-electron chi connectivity index (χ3n) is 2.91. The summed E-state index contributed by atoms with van der Waals surface area (Å²) in [7, 11) is 0. The quantitative estimate of drug-likeness (QED) is 0.677. The van der Waals surface area contributed by atoms with Gasteiger partial charge in [0.2, 0.25) is 0 Å². The minimum absolute atomic E-state index is 0.539. The molecular weight excluding hydrogens is 267 g/mol. The van der Waals surface area contributed by atoms with Gasteiger partial charge in [-0.05, 0) is 30.7 Å². The van der Waals surface area contributed by atoms with Gasteiger partial charge in [-0.1, -0.05) is 41.4 Å². The number of fused-ring (bicyclic) bond motifs is 1. The maximum Gasteiger partial charge on any atom is 0.0999 e. The number of hydrogen-bond acceptors (Lipinski definition) is 1. The van der Waals surface area contributed by atoms with Gasteiger partial charge in [-0.25, -0.2) is 0 Å². The Hall–Kier alpha value is -1.51. The van der Waals surface area contributed by atoms with Gasteiger partial charge in [-0.15, -0.1) is 0 Å². The molecule has 3 aromatic rings. The lowest BCUT2D eigenvalue weighted by Gasteiger charge is -2.01. The first-order valence-electron chi connectivity index (χ1n) is 5.55. The number of rotatable bonds is 1. The van der Waals surface area contributed by atoms with Gasteiger partial charge in [0.15, 0.2) is 0 Å². The largest absolute Gasteiger partial charge is 0.277 e. The van der Waals surface area contributed by atoms with Crippen LogP contribution in [-0.2, 0) is 0 Å². The Morgan fingerprint density at radius 2 is 1.83 bits per heavy atom. The first-order valence-corrected chi connectivity index (χ1v) is 6.31. The molecule has 2 aromatic carbocycles. The number of nitrogens with one attached hydrogen (secondary N) is 1. The van der Waals surface area contributed by atoms with Crippen LogP contribution in [-0.4, -0.2) is 10.2 Å². The minimum Gasteiger partial charge on any atom is -0.277 e. The van der Waals surface area contributed by atoms with Crippen molar-refractivity contribution in [2.45, 2.75) is 6.92 Å². The van der Waals surface area contributed by atoms with Gasteiger partial charge in [-0.2, -0.15) is 5.10 Å². The third kappa shape index (κ3) is 1.88. The zero-order valence-electron chi connectivity index (χ0n) is 9.67. The van der Waals surface area contributed by atoms with Crippen molar-refractivity contribution in [3.8, 4) is 11.3 Å². The van der Waals surface area contributed by atoms with Crippen LogP contribution in [0.1, 0.15) is 5.56 Å². The SMILES string of the molecule is Cc1ccc2c(-c3ccc(Cl)c(Cl)c3)n[nH]c2c1. The Labute approximate surface area is 115 Å². The average molecular weight is 277 g/mol. The van der Waals surface area contributed by atoms with Crippen molar-refractivity contribution >= 4 is 34.1 Å². The number of halogens is 2. The fraction of sp³-hybridized carbons (Fsp3) is 0.0714. The molecule has 0 aliphatic heterocycles. The van der Waals surface area contributed by atoms with E-state index in [4.69, 9.17) is 23.2 Å². The van der Waals surface area contributed by atoms with Crippen LogP contribution in [0.15, 0.2) is 36.4 Å². The molecule has 0 aliphatic rings. The summed E-state index contributed by atoms with van der Waals surface area (Å²) < 4.78 is 0. The molecule has 18 heavy (non-hydrogen) atoms. The summed E-state index contributed by atoms with van der Waals surface area (Å²) in [5.41, 5.74) is 4.07. The van der Waals surface area contributed by atoms with E-state index in [2.05, 4.69) is 35.3 Å². The van der Waals surface area contributed by atoms with Crippen LogP contribution in [0.4, 0.5) is 0 Å². The van der Waals surface area contributed by atoms with Crippen molar-refractivity contribution in [1.29, 1.82) is 0 Å². The van der Waals surface area contributed by atoms with Crippen molar-refractivity contribution in [2.75, 3.05) is 0 Å². The Balaban J connectivity index is 2.22. The normalized spacial score (nSPS) is 11.1. The van der Waals surface area contributed by atoms with E-state index in [0.29, 0.717) is 10.0 Å². The average Bonchev–Trinajstić information content (AvgIpc) is 2.75. The van der Waals surface area contributed by atoms with Gasteiger partial charge in [0.05, 0.1) is 21.3 Å². The van der Waals surface area contributed by atoms with Crippen molar-refractivity contribution in [3.05, 3.63) is 52.0 Å². The smallest absolute Gasteiger partial charge is 0.0999 e. The van der Waals surface area contributed by atoms with Crippen LogP contribution in [0.3, 0.4) is 0 Å². The van der Waals surface area contributed by atoms with Gasteiger partial charge >= 0.3 is 0 Å². The summed E-state index contributed by atoms with van der Waals surface area (Å²) in [6, 6.07) is 11.7. The van der Waals surface area contributed by atoms with E-state index in [9.17, 15) is 0 Å². The van der Waals surface area contributed by atoms with E-state index in [-0.39, 0.29) is 0 Å². The molecule has 4 heteroatoms. The predicted octanol–water partition coefficient (Wildman–Crippen LogP) is 4.85. The molecular formula is C14H10Cl2N2. The fourth-order valence-electron chi connectivity index (χ4n) is 2.00. The highest BCUT2D eigenvalue weighted by Crippen LogP contribution is 2.31. The van der Waals surface area contributed by atoms with Gasteiger partial charge < -0.3 is 0 Å². The molecule has 0 saturated heterocycles. The lowest BCUT2D eigenvalue weighted by molar-refractivity contribution is 1.12.